The second-order valence-electron chi connectivity index (χ2n) is 5.85. The zero-order valence-corrected chi connectivity index (χ0v) is 25.0. The molecule has 2 unspecified atom stereocenters. The summed E-state index contributed by atoms with van der Waals surface area (Å²) < 4.78 is 21.6. The molecule has 0 spiro atoms. The van der Waals surface area contributed by atoms with Crippen LogP contribution in [0.3, 0.4) is 0 Å². The number of unbranched alkanes of at least 4 members (excludes halogenated alkanes) is 13. The molecule has 0 fully saturated rings. The fourth-order valence-electron chi connectivity index (χ4n) is 2.36. The first-order valence-corrected chi connectivity index (χ1v) is 11.3. The Bertz CT molecular complexity index is 274. The minimum Gasteiger partial charge on any atom is -0.563 e. The van der Waals surface area contributed by atoms with Crippen molar-refractivity contribution in [1.82, 2.24) is 0 Å². The number of hydrogen-bond acceptors (Lipinski definition) is 6. The van der Waals surface area contributed by atoms with Gasteiger partial charge in [0, 0.05) is 6.61 Å². The van der Waals surface area contributed by atoms with Crippen molar-refractivity contribution in [1.29, 1.82) is 0 Å². The van der Waals surface area contributed by atoms with Crippen molar-refractivity contribution in [2.45, 2.75) is 96.8 Å². The molecule has 0 aromatic rings. The Morgan fingerprint density at radius 2 is 0.923 bits per heavy atom. The maximum Gasteiger partial charge on any atom is 1.00 e. The van der Waals surface area contributed by atoms with Gasteiger partial charge in [-0.3, -0.25) is 0 Å². The van der Waals surface area contributed by atoms with E-state index in [1.165, 1.54) is 83.5 Å². The van der Waals surface area contributed by atoms with Crippen molar-refractivity contribution in [3.8, 4) is 0 Å². The second kappa shape index (κ2) is 33.0. The summed E-state index contributed by atoms with van der Waals surface area (Å²) in [4.78, 5) is 18.5. The molecule has 6 nitrogen and oxygen atoms in total. The summed E-state index contributed by atoms with van der Waals surface area (Å²) in [5.41, 5.74) is 0. The van der Waals surface area contributed by atoms with Crippen molar-refractivity contribution in [2.24, 2.45) is 0 Å². The molecule has 0 amide bonds. The molecule has 2 atom stereocenters. The minimum atomic E-state index is -3.24. The molecule has 1 N–H and O–H groups in total. The van der Waals surface area contributed by atoms with Gasteiger partial charge in [0.1, 0.15) is 4.31 Å². The zero-order chi connectivity index (χ0) is 18.5. The van der Waals surface area contributed by atoms with Crippen LogP contribution < -0.4 is 113 Å². The van der Waals surface area contributed by atoms with Gasteiger partial charge in [-0.2, -0.15) is 0 Å². The Balaban J connectivity index is -0.000000230. The molecule has 0 heterocycles. The Morgan fingerprint density at radius 1 is 0.654 bits per heavy atom. The molecular formula is C16H34K2O6P2+2. The summed E-state index contributed by atoms with van der Waals surface area (Å²) in [7, 11) is -6.47. The summed E-state index contributed by atoms with van der Waals surface area (Å²) in [6.45, 7) is 2.65. The number of aliphatic hydroxyl groups excluding tert-OH is 1. The van der Waals surface area contributed by atoms with Gasteiger partial charge >= 0.3 is 119 Å². The molecule has 0 aliphatic heterocycles. The van der Waals surface area contributed by atoms with Gasteiger partial charge in [-0.05, 0) is 15.6 Å². The Labute approximate surface area is 246 Å². The molecule has 0 saturated heterocycles. The first-order valence-electron chi connectivity index (χ1n) is 9.12. The van der Waals surface area contributed by atoms with Crippen LogP contribution in [0.1, 0.15) is 96.8 Å². The summed E-state index contributed by atoms with van der Waals surface area (Å²) in [6, 6.07) is 0. The SMILES string of the molecule is CCCCCCCCCCCCCCCCO.O=[P+]([O-])O[P+](=O)[O-].[K+].[K+]. The van der Waals surface area contributed by atoms with E-state index in [1.54, 1.807) is 0 Å². The van der Waals surface area contributed by atoms with Gasteiger partial charge in [0.05, 0.1) is 0 Å². The molecule has 10 heteroatoms. The molecule has 0 radical (unpaired) electrons. The summed E-state index contributed by atoms with van der Waals surface area (Å²) in [6.07, 6.45) is 19.2. The molecule has 0 aromatic carbocycles. The molecule has 0 aliphatic rings. The van der Waals surface area contributed by atoms with E-state index in [2.05, 4.69) is 11.2 Å². The normalized spacial score (nSPS) is 10.8. The van der Waals surface area contributed by atoms with Gasteiger partial charge in [0.25, 0.3) is 0 Å². The Kier molecular flexibility index (Phi) is 46.5. The van der Waals surface area contributed by atoms with Crippen LogP contribution in [0.5, 0.6) is 0 Å². The summed E-state index contributed by atoms with van der Waals surface area (Å²) >= 11 is 0. The molecule has 0 aliphatic carbocycles. The number of hydrogen-bond donors (Lipinski definition) is 1. The quantitative estimate of drug-likeness (QED) is 0.170. The average Bonchev–Trinajstić information content (AvgIpc) is 2.51. The largest absolute Gasteiger partial charge is 1.00 e. The van der Waals surface area contributed by atoms with Crippen molar-refractivity contribution < 1.29 is 131 Å². The van der Waals surface area contributed by atoms with E-state index in [1.807, 2.05) is 0 Å². The van der Waals surface area contributed by atoms with E-state index in [0.29, 0.717) is 6.61 Å². The fourth-order valence-corrected chi connectivity index (χ4v) is 2.80. The first kappa shape index (κ1) is 36.7. The fraction of sp³-hybridized carbons (Fsp3) is 1.00. The van der Waals surface area contributed by atoms with Crippen LogP contribution in [0.2, 0.25) is 0 Å². The van der Waals surface area contributed by atoms with Gasteiger partial charge in [-0.25, -0.2) is 0 Å². The van der Waals surface area contributed by atoms with E-state index >= 15 is 0 Å². The Morgan fingerprint density at radius 3 is 1.12 bits per heavy atom. The zero-order valence-electron chi connectivity index (χ0n) is 17.0. The number of rotatable bonds is 16. The Hall–Kier alpha value is 3.31. The molecule has 0 aromatic heterocycles. The van der Waals surface area contributed by atoms with Crippen LogP contribution in [-0.4, -0.2) is 11.7 Å². The molecular weight excluding hydrogens is 428 g/mol. The average molecular weight is 463 g/mol. The van der Waals surface area contributed by atoms with Crippen LogP contribution in [0, 0.1) is 0 Å². The minimum absolute atomic E-state index is 0. The van der Waals surface area contributed by atoms with Crippen molar-refractivity contribution in [3.05, 3.63) is 0 Å². The summed E-state index contributed by atoms with van der Waals surface area (Å²) in [5.74, 6) is 0. The maximum absolute atomic E-state index is 9.24. The third kappa shape index (κ3) is 41.6. The monoisotopic (exact) mass is 462 g/mol. The van der Waals surface area contributed by atoms with Crippen molar-refractivity contribution >= 4 is 16.5 Å². The first-order chi connectivity index (χ1) is 11.5. The van der Waals surface area contributed by atoms with Crippen molar-refractivity contribution in [2.75, 3.05) is 6.61 Å². The van der Waals surface area contributed by atoms with E-state index in [9.17, 15) is 18.9 Å². The smallest absolute Gasteiger partial charge is 0.563 e. The second-order valence-corrected chi connectivity index (χ2v) is 7.40. The standard InChI is InChI=1S/C16H34O.2K.O5P2/c1-2-3-4-5-6-7-8-9-10-11-12-13-14-15-16-17;;;1-6(2)5-7(3)4/h17H,2-16H2,1H3;;;/q;2*+1;. The molecule has 0 saturated carbocycles. The molecule has 0 rings (SSSR count). The van der Waals surface area contributed by atoms with Crippen molar-refractivity contribution in [3.63, 3.8) is 0 Å². The third-order valence-electron chi connectivity index (χ3n) is 3.65. The van der Waals surface area contributed by atoms with Crippen LogP contribution >= 0.6 is 16.5 Å². The van der Waals surface area contributed by atoms with E-state index < -0.39 is 16.5 Å². The topological polar surface area (TPSA) is 110 Å². The predicted octanol–water partition coefficient (Wildman–Crippen LogP) is -1.49. The molecule has 144 valence electrons. The van der Waals surface area contributed by atoms with Gasteiger partial charge < -0.3 is 14.9 Å². The third-order valence-corrected chi connectivity index (χ3v) is 4.71. The van der Waals surface area contributed by atoms with E-state index in [-0.39, 0.29) is 103 Å². The maximum atomic E-state index is 9.24. The van der Waals surface area contributed by atoms with Crippen LogP contribution in [0.15, 0.2) is 0 Å². The predicted molar refractivity (Wildman–Crippen MR) is 93.7 cm³/mol. The van der Waals surface area contributed by atoms with Crippen LogP contribution in [-0.2, 0) is 13.4 Å². The van der Waals surface area contributed by atoms with Gasteiger partial charge in [0.2, 0.25) is 0 Å². The van der Waals surface area contributed by atoms with Gasteiger partial charge in [-0.15, -0.1) is 0 Å². The molecule has 0 bridgehead atoms. The molecule has 26 heavy (non-hydrogen) atoms. The van der Waals surface area contributed by atoms with E-state index in [4.69, 9.17) is 5.11 Å². The van der Waals surface area contributed by atoms with Gasteiger partial charge in [-0.1, -0.05) is 90.4 Å². The van der Waals surface area contributed by atoms with Crippen LogP contribution in [0.25, 0.3) is 0 Å². The van der Waals surface area contributed by atoms with Gasteiger partial charge in [0.15, 0.2) is 0 Å². The van der Waals surface area contributed by atoms with E-state index in [0.717, 1.165) is 6.42 Å². The van der Waals surface area contributed by atoms with Crippen LogP contribution in [0.4, 0.5) is 0 Å². The summed E-state index contributed by atoms with van der Waals surface area (Å²) in [5, 5.41) is 8.64. The number of aliphatic hydroxyl groups is 1.